The van der Waals surface area contributed by atoms with E-state index in [0.29, 0.717) is 30.0 Å². The molecule has 11 nitrogen and oxygen atoms in total. The molecule has 0 spiro atoms. The second kappa shape index (κ2) is 9.66. The van der Waals surface area contributed by atoms with Crippen LogP contribution in [0.15, 0.2) is 36.8 Å². The molecule has 0 unspecified atom stereocenters. The normalized spacial score (nSPS) is 14.0. The number of amides is 3. The summed E-state index contributed by atoms with van der Waals surface area (Å²) >= 11 is 0. The zero-order valence-electron chi connectivity index (χ0n) is 18.6. The number of alkyl halides is 3. The van der Waals surface area contributed by atoms with Crippen LogP contribution in [-0.4, -0.2) is 80.7 Å². The van der Waals surface area contributed by atoms with Crippen LogP contribution in [-0.2, 0) is 7.05 Å². The molecule has 0 atom stereocenters. The lowest BCUT2D eigenvalue weighted by Crippen LogP contribution is -2.34. The molecule has 3 aromatic rings. The van der Waals surface area contributed by atoms with Gasteiger partial charge in [0.2, 0.25) is 0 Å². The van der Waals surface area contributed by atoms with Gasteiger partial charge >= 0.3 is 12.2 Å². The number of aromatic amines is 1. The Morgan fingerprint density at radius 3 is 2.83 bits per heavy atom. The Balaban J connectivity index is 1.48. The largest absolute Gasteiger partial charge is 0.405 e. The zero-order valence-corrected chi connectivity index (χ0v) is 18.6. The smallest absolute Gasteiger partial charge is 0.395 e. The van der Waals surface area contributed by atoms with E-state index < -0.39 is 18.6 Å². The summed E-state index contributed by atoms with van der Waals surface area (Å²) in [5.74, 6) is -0.132. The standard InChI is InChI=1S/C21H23F3N8O3/c1-30-11-16(18(29-30)32-5-4-31(6-7-33)20(32)35)28-19(34)14-8-15(26-10-14)13-2-3-25-17(9-13)27-12-21(22,23)24/h2-3,8-11,26,33H,4-7,12H2,1H3,(H,25,27)(H,28,34). The van der Waals surface area contributed by atoms with E-state index in [4.69, 9.17) is 5.11 Å². The van der Waals surface area contributed by atoms with Gasteiger partial charge in [0.25, 0.3) is 5.91 Å². The van der Waals surface area contributed by atoms with Crippen molar-refractivity contribution in [3.63, 3.8) is 0 Å². The molecule has 0 saturated carbocycles. The van der Waals surface area contributed by atoms with Gasteiger partial charge in [-0.05, 0) is 18.2 Å². The molecular weight excluding hydrogens is 469 g/mol. The average Bonchev–Trinajstić information content (AvgIpc) is 3.52. The van der Waals surface area contributed by atoms with Crippen LogP contribution in [0.5, 0.6) is 0 Å². The Bertz CT molecular complexity index is 1220. The summed E-state index contributed by atoms with van der Waals surface area (Å²) in [7, 11) is 1.66. The highest BCUT2D eigenvalue weighted by molar-refractivity contribution is 6.07. The van der Waals surface area contributed by atoms with E-state index in [-0.39, 0.29) is 36.4 Å². The van der Waals surface area contributed by atoms with E-state index in [1.54, 1.807) is 25.4 Å². The summed E-state index contributed by atoms with van der Waals surface area (Å²) in [5.41, 5.74) is 1.65. The lowest BCUT2D eigenvalue weighted by molar-refractivity contribution is -0.115. The quantitative estimate of drug-likeness (QED) is 0.382. The molecule has 1 aliphatic rings. The second-order valence-electron chi connectivity index (χ2n) is 7.84. The molecule has 3 amide bonds. The number of halogens is 3. The van der Waals surface area contributed by atoms with Crippen molar-refractivity contribution in [2.45, 2.75) is 6.18 Å². The number of pyridine rings is 1. The number of hydrogen-bond acceptors (Lipinski definition) is 6. The lowest BCUT2D eigenvalue weighted by Gasteiger charge is -2.17. The van der Waals surface area contributed by atoms with E-state index in [9.17, 15) is 22.8 Å². The van der Waals surface area contributed by atoms with E-state index in [0.717, 1.165) is 0 Å². The molecule has 1 fully saturated rings. The summed E-state index contributed by atoms with van der Waals surface area (Å²) in [6, 6.07) is 4.28. The average molecular weight is 492 g/mol. The predicted octanol–water partition coefficient (Wildman–Crippen LogP) is 2.27. The number of carbonyl (C=O) groups is 2. The zero-order chi connectivity index (χ0) is 25.2. The van der Waals surface area contributed by atoms with Crippen molar-refractivity contribution in [2.75, 3.05) is 48.3 Å². The summed E-state index contributed by atoms with van der Waals surface area (Å²) < 4.78 is 38.9. The van der Waals surface area contributed by atoms with Crippen LogP contribution in [0.2, 0.25) is 0 Å². The fourth-order valence-corrected chi connectivity index (χ4v) is 3.64. The molecule has 4 rings (SSSR count). The molecule has 0 aromatic carbocycles. The molecule has 14 heteroatoms. The summed E-state index contributed by atoms with van der Waals surface area (Å²) in [4.78, 5) is 35.2. The van der Waals surface area contributed by atoms with Gasteiger partial charge in [0, 0.05) is 50.3 Å². The number of anilines is 3. The molecule has 1 aliphatic heterocycles. The van der Waals surface area contributed by atoms with Gasteiger partial charge in [-0.3, -0.25) is 14.4 Å². The van der Waals surface area contributed by atoms with Crippen molar-refractivity contribution >= 4 is 29.3 Å². The third kappa shape index (κ3) is 5.54. The lowest BCUT2D eigenvalue weighted by atomic mass is 10.1. The number of rotatable bonds is 8. The number of urea groups is 1. The number of β-amino-alcohol motifs (C(OH)–C–C–N with tert-alkyl or cyclic N) is 1. The van der Waals surface area contributed by atoms with Gasteiger partial charge < -0.3 is 25.6 Å². The monoisotopic (exact) mass is 492 g/mol. The fraction of sp³-hybridized carbons (Fsp3) is 0.333. The molecule has 4 N–H and O–H groups in total. The van der Waals surface area contributed by atoms with E-state index in [1.165, 1.54) is 32.9 Å². The number of aromatic nitrogens is 4. The van der Waals surface area contributed by atoms with Crippen LogP contribution in [0.1, 0.15) is 10.4 Å². The number of nitrogens with one attached hydrogen (secondary N) is 3. The number of aliphatic hydroxyl groups excluding tert-OH is 1. The molecule has 0 aliphatic carbocycles. The maximum absolute atomic E-state index is 12.9. The van der Waals surface area contributed by atoms with Gasteiger partial charge in [-0.15, -0.1) is 0 Å². The van der Waals surface area contributed by atoms with Crippen molar-refractivity contribution in [3.8, 4) is 11.3 Å². The Morgan fingerprint density at radius 1 is 1.29 bits per heavy atom. The van der Waals surface area contributed by atoms with Crippen molar-refractivity contribution in [3.05, 3.63) is 42.4 Å². The minimum Gasteiger partial charge on any atom is -0.395 e. The topological polar surface area (TPSA) is 131 Å². The van der Waals surface area contributed by atoms with Gasteiger partial charge in [-0.25, -0.2) is 9.78 Å². The molecule has 0 radical (unpaired) electrons. The number of hydrogen-bond donors (Lipinski definition) is 4. The first-order valence-corrected chi connectivity index (χ1v) is 10.6. The third-order valence-corrected chi connectivity index (χ3v) is 5.26. The van der Waals surface area contributed by atoms with Crippen molar-refractivity contribution in [1.82, 2.24) is 24.6 Å². The molecule has 3 aromatic heterocycles. The van der Waals surface area contributed by atoms with Gasteiger partial charge in [0.05, 0.1) is 18.4 Å². The summed E-state index contributed by atoms with van der Waals surface area (Å²) in [5, 5.41) is 18.4. The molecule has 186 valence electrons. The Morgan fingerprint density at radius 2 is 2.09 bits per heavy atom. The first kappa shape index (κ1) is 24.1. The first-order chi connectivity index (χ1) is 16.6. The second-order valence-corrected chi connectivity index (χ2v) is 7.84. The van der Waals surface area contributed by atoms with Gasteiger partial charge in [0.15, 0.2) is 5.82 Å². The Kier molecular flexibility index (Phi) is 6.64. The summed E-state index contributed by atoms with van der Waals surface area (Å²) in [6.07, 6.45) is 0.0270. The predicted molar refractivity (Wildman–Crippen MR) is 121 cm³/mol. The minimum absolute atomic E-state index is 0.0472. The molecular formula is C21H23F3N8O3. The highest BCUT2D eigenvalue weighted by Gasteiger charge is 2.33. The van der Waals surface area contributed by atoms with Crippen LogP contribution < -0.4 is 15.5 Å². The van der Waals surface area contributed by atoms with E-state index in [2.05, 4.69) is 25.7 Å². The van der Waals surface area contributed by atoms with Crippen molar-refractivity contribution in [1.29, 1.82) is 0 Å². The highest BCUT2D eigenvalue weighted by Crippen LogP contribution is 2.28. The van der Waals surface area contributed by atoms with Gasteiger partial charge in [-0.2, -0.15) is 18.3 Å². The number of nitrogens with zero attached hydrogens (tertiary/aromatic N) is 5. The SMILES string of the molecule is Cn1cc(NC(=O)c2c[nH]c(-c3ccnc(NCC(F)(F)F)c3)c2)c(N2CCN(CCO)C2=O)n1. The fourth-order valence-electron chi connectivity index (χ4n) is 3.64. The Labute approximate surface area is 197 Å². The van der Waals surface area contributed by atoms with Crippen LogP contribution in [0.3, 0.4) is 0 Å². The number of aliphatic hydroxyl groups is 1. The maximum Gasteiger partial charge on any atom is 0.405 e. The summed E-state index contributed by atoms with van der Waals surface area (Å²) in [6.45, 7) is -0.375. The number of aryl methyl sites for hydroxylation is 1. The molecule has 0 bridgehead atoms. The van der Waals surface area contributed by atoms with E-state index in [1.807, 2.05) is 0 Å². The molecule has 4 heterocycles. The van der Waals surface area contributed by atoms with Crippen molar-refractivity contribution in [2.24, 2.45) is 7.05 Å². The van der Waals surface area contributed by atoms with Gasteiger partial charge in [0.1, 0.15) is 18.1 Å². The van der Waals surface area contributed by atoms with Crippen molar-refractivity contribution < 1.29 is 27.9 Å². The highest BCUT2D eigenvalue weighted by atomic mass is 19.4. The van der Waals surface area contributed by atoms with Crippen LogP contribution in [0.4, 0.5) is 35.3 Å². The molecule has 35 heavy (non-hydrogen) atoms. The number of carbonyl (C=O) groups excluding carboxylic acids is 2. The van der Waals surface area contributed by atoms with Gasteiger partial charge in [-0.1, -0.05) is 0 Å². The molecule has 1 saturated heterocycles. The van der Waals surface area contributed by atoms with Crippen LogP contribution in [0, 0.1) is 0 Å². The first-order valence-electron chi connectivity index (χ1n) is 10.6. The Hall–Kier alpha value is -4.07. The maximum atomic E-state index is 12.9. The van der Waals surface area contributed by atoms with Crippen LogP contribution >= 0.6 is 0 Å². The van der Waals surface area contributed by atoms with Crippen LogP contribution in [0.25, 0.3) is 11.3 Å². The minimum atomic E-state index is -4.38. The number of H-pyrrole nitrogens is 1. The van der Waals surface area contributed by atoms with E-state index >= 15 is 0 Å². The third-order valence-electron chi connectivity index (χ3n) is 5.26.